The van der Waals surface area contributed by atoms with Gasteiger partial charge in [-0.1, -0.05) is 0 Å². The first-order chi connectivity index (χ1) is 5.81. The molecule has 0 N–H and O–H groups in total. The summed E-state index contributed by atoms with van der Waals surface area (Å²) in [5.74, 6) is -0.234. The zero-order valence-electron chi connectivity index (χ0n) is 6.03. The number of hydrogen-bond acceptors (Lipinski definition) is 3. The molecule has 0 atom stereocenters. The average molecular weight is 185 g/mol. The van der Waals surface area contributed by atoms with Gasteiger partial charge >= 0.3 is 0 Å². The molecule has 12 heavy (non-hydrogen) atoms. The molecule has 0 spiro atoms. The standard InChI is InChI=1S/C7H5ClN2O2/c8-1-7(11)10-2-5-6(3-10)12-4-9-5/h2-4H,1H2. The Morgan fingerprint density at radius 2 is 2.50 bits per heavy atom. The first-order valence-electron chi connectivity index (χ1n) is 3.31. The Bertz CT molecular complexity index is 389. The highest BCUT2D eigenvalue weighted by Gasteiger charge is 2.07. The van der Waals surface area contributed by atoms with Crippen molar-refractivity contribution in [2.75, 3.05) is 5.88 Å². The number of fused-ring (bicyclic) bond motifs is 1. The van der Waals surface area contributed by atoms with Crippen LogP contribution in [-0.4, -0.2) is 21.3 Å². The molecule has 0 aliphatic carbocycles. The number of nitrogens with zero attached hydrogens (tertiary/aromatic N) is 2. The predicted molar refractivity (Wildman–Crippen MR) is 43.3 cm³/mol. The normalized spacial score (nSPS) is 10.8. The van der Waals surface area contributed by atoms with Gasteiger partial charge in [-0.15, -0.1) is 11.6 Å². The van der Waals surface area contributed by atoms with Crippen molar-refractivity contribution >= 4 is 28.6 Å². The highest BCUT2D eigenvalue weighted by atomic mass is 35.5. The topological polar surface area (TPSA) is 48.0 Å². The Morgan fingerprint density at radius 3 is 3.17 bits per heavy atom. The van der Waals surface area contributed by atoms with Crippen LogP contribution in [0.3, 0.4) is 0 Å². The molecule has 0 aliphatic rings. The van der Waals surface area contributed by atoms with Crippen LogP contribution in [-0.2, 0) is 0 Å². The zero-order valence-corrected chi connectivity index (χ0v) is 6.78. The Labute approximate surface area is 72.7 Å². The minimum Gasteiger partial charge on any atom is -0.442 e. The molecule has 0 aliphatic heterocycles. The van der Waals surface area contributed by atoms with Gasteiger partial charge in [0, 0.05) is 6.20 Å². The Morgan fingerprint density at radius 1 is 1.67 bits per heavy atom. The number of rotatable bonds is 1. The Hall–Kier alpha value is -1.29. The molecular weight excluding hydrogens is 180 g/mol. The van der Waals surface area contributed by atoms with Crippen molar-refractivity contribution in [3.8, 4) is 0 Å². The molecule has 5 heteroatoms. The van der Waals surface area contributed by atoms with Crippen molar-refractivity contribution in [3.05, 3.63) is 18.8 Å². The summed E-state index contributed by atoms with van der Waals surface area (Å²) in [7, 11) is 0. The summed E-state index contributed by atoms with van der Waals surface area (Å²) < 4.78 is 6.34. The predicted octanol–water partition coefficient (Wildman–Crippen LogP) is 1.51. The number of hydrogen-bond donors (Lipinski definition) is 0. The van der Waals surface area contributed by atoms with E-state index in [1.807, 2.05) is 0 Å². The minimum atomic E-state index is -0.190. The van der Waals surface area contributed by atoms with E-state index in [2.05, 4.69) is 4.98 Å². The lowest BCUT2D eigenvalue weighted by Crippen LogP contribution is -2.08. The molecule has 0 radical (unpaired) electrons. The molecule has 2 aromatic rings. The summed E-state index contributed by atoms with van der Waals surface area (Å²) in [5.41, 5.74) is 1.25. The van der Waals surface area contributed by atoms with Crippen LogP contribution >= 0.6 is 11.6 Å². The zero-order chi connectivity index (χ0) is 8.55. The lowest BCUT2D eigenvalue weighted by molar-refractivity contribution is 0.0940. The van der Waals surface area contributed by atoms with E-state index in [0.29, 0.717) is 11.1 Å². The second-order valence-corrected chi connectivity index (χ2v) is 2.56. The second kappa shape index (κ2) is 2.64. The van der Waals surface area contributed by atoms with Crippen molar-refractivity contribution in [2.24, 2.45) is 0 Å². The highest BCUT2D eigenvalue weighted by molar-refractivity contribution is 6.27. The first kappa shape index (κ1) is 7.36. The molecular formula is C7H5ClN2O2. The van der Waals surface area contributed by atoms with Crippen LogP contribution in [0.15, 0.2) is 23.2 Å². The third kappa shape index (κ3) is 1.00. The summed E-state index contributed by atoms with van der Waals surface area (Å²) in [5, 5.41) is 0. The monoisotopic (exact) mass is 184 g/mol. The van der Waals surface area contributed by atoms with Gasteiger partial charge in [-0.05, 0) is 0 Å². The van der Waals surface area contributed by atoms with Crippen molar-refractivity contribution in [3.63, 3.8) is 0 Å². The molecule has 2 heterocycles. The third-order valence-corrected chi connectivity index (χ3v) is 1.77. The molecule has 2 aromatic heterocycles. The van der Waals surface area contributed by atoms with E-state index >= 15 is 0 Å². The van der Waals surface area contributed by atoms with E-state index in [4.69, 9.17) is 16.0 Å². The molecule has 4 nitrogen and oxygen atoms in total. The van der Waals surface area contributed by atoms with Gasteiger partial charge in [-0.25, -0.2) is 4.98 Å². The molecule has 62 valence electrons. The van der Waals surface area contributed by atoms with E-state index in [-0.39, 0.29) is 11.8 Å². The fourth-order valence-corrected chi connectivity index (χ4v) is 1.10. The average Bonchev–Trinajstić information content (AvgIpc) is 2.60. The minimum absolute atomic E-state index is 0.0444. The quantitative estimate of drug-likeness (QED) is 0.632. The second-order valence-electron chi connectivity index (χ2n) is 2.29. The van der Waals surface area contributed by atoms with Gasteiger partial charge in [-0.3, -0.25) is 9.36 Å². The molecule has 0 amide bonds. The van der Waals surface area contributed by atoms with Gasteiger partial charge in [0.2, 0.25) is 5.91 Å². The van der Waals surface area contributed by atoms with Gasteiger partial charge in [0.25, 0.3) is 0 Å². The van der Waals surface area contributed by atoms with Crippen molar-refractivity contribution in [2.45, 2.75) is 0 Å². The summed E-state index contributed by atoms with van der Waals surface area (Å²) in [6.07, 6.45) is 4.48. The highest BCUT2D eigenvalue weighted by Crippen LogP contribution is 2.12. The number of aromatic nitrogens is 2. The molecule has 0 unspecified atom stereocenters. The number of halogens is 1. The number of carbonyl (C=O) groups is 1. The molecule has 0 saturated heterocycles. The molecule has 0 aromatic carbocycles. The van der Waals surface area contributed by atoms with Crippen LogP contribution in [0.25, 0.3) is 11.1 Å². The van der Waals surface area contributed by atoms with Gasteiger partial charge in [-0.2, -0.15) is 0 Å². The number of alkyl halides is 1. The summed E-state index contributed by atoms with van der Waals surface area (Å²) in [6, 6.07) is 0. The van der Waals surface area contributed by atoms with Gasteiger partial charge in [0.1, 0.15) is 11.4 Å². The van der Waals surface area contributed by atoms with Crippen LogP contribution in [0.4, 0.5) is 0 Å². The van der Waals surface area contributed by atoms with Gasteiger partial charge < -0.3 is 4.42 Å². The lowest BCUT2D eigenvalue weighted by atomic mass is 10.6. The maximum Gasteiger partial charge on any atom is 0.245 e. The largest absolute Gasteiger partial charge is 0.442 e. The maximum atomic E-state index is 11.0. The van der Waals surface area contributed by atoms with Crippen LogP contribution in [0.2, 0.25) is 0 Å². The van der Waals surface area contributed by atoms with Crippen LogP contribution in [0.1, 0.15) is 4.79 Å². The van der Waals surface area contributed by atoms with Crippen LogP contribution < -0.4 is 0 Å². The number of oxazole rings is 1. The van der Waals surface area contributed by atoms with Crippen LogP contribution in [0, 0.1) is 0 Å². The van der Waals surface area contributed by atoms with E-state index < -0.39 is 0 Å². The number of carbonyl (C=O) groups excluding carboxylic acids is 1. The van der Waals surface area contributed by atoms with Gasteiger partial charge in [0.15, 0.2) is 12.0 Å². The smallest absolute Gasteiger partial charge is 0.245 e. The molecule has 0 fully saturated rings. The summed E-state index contributed by atoms with van der Waals surface area (Å²) >= 11 is 5.36. The van der Waals surface area contributed by atoms with Crippen molar-refractivity contribution in [1.82, 2.24) is 9.55 Å². The summed E-state index contributed by atoms with van der Waals surface area (Å²) in [6.45, 7) is 0. The maximum absolute atomic E-state index is 11.0. The molecule has 2 rings (SSSR count). The van der Waals surface area contributed by atoms with Crippen molar-refractivity contribution in [1.29, 1.82) is 0 Å². The van der Waals surface area contributed by atoms with E-state index in [1.165, 1.54) is 11.0 Å². The van der Waals surface area contributed by atoms with E-state index in [0.717, 1.165) is 0 Å². The third-order valence-electron chi connectivity index (χ3n) is 1.54. The molecule has 0 saturated carbocycles. The first-order valence-corrected chi connectivity index (χ1v) is 3.85. The fraction of sp³-hybridized carbons (Fsp3) is 0.143. The summed E-state index contributed by atoms with van der Waals surface area (Å²) in [4.78, 5) is 14.9. The lowest BCUT2D eigenvalue weighted by Gasteiger charge is -1.92. The van der Waals surface area contributed by atoms with E-state index in [9.17, 15) is 4.79 Å². The van der Waals surface area contributed by atoms with E-state index in [1.54, 1.807) is 12.4 Å². The van der Waals surface area contributed by atoms with Gasteiger partial charge in [0.05, 0.1) is 6.20 Å². The Kier molecular flexibility index (Phi) is 1.62. The Balaban J connectivity index is 2.51. The van der Waals surface area contributed by atoms with Crippen molar-refractivity contribution < 1.29 is 9.21 Å². The van der Waals surface area contributed by atoms with Crippen LogP contribution in [0.5, 0.6) is 0 Å². The fourth-order valence-electron chi connectivity index (χ4n) is 0.966. The molecule has 0 bridgehead atoms. The SMILES string of the molecule is O=C(CCl)n1cc2ncoc2c1.